The summed E-state index contributed by atoms with van der Waals surface area (Å²) >= 11 is 6.16. The van der Waals surface area contributed by atoms with E-state index in [9.17, 15) is 17.6 Å². The van der Waals surface area contributed by atoms with Crippen molar-refractivity contribution in [3.63, 3.8) is 0 Å². The topological polar surface area (TPSA) is 63.2 Å². The molecule has 0 aliphatic rings. The summed E-state index contributed by atoms with van der Waals surface area (Å²) in [5, 5.41) is 0.269. The molecule has 0 saturated heterocycles. The van der Waals surface area contributed by atoms with Crippen molar-refractivity contribution in [3.8, 4) is 11.1 Å². The summed E-state index contributed by atoms with van der Waals surface area (Å²) in [7, 11) is -3.69. The molecule has 24 heavy (non-hydrogen) atoms. The molecule has 1 amide bonds. The Morgan fingerprint density at radius 1 is 1.17 bits per heavy atom. The van der Waals surface area contributed by atoms with Gasteiger partial charge in [0.25, 0.3) is 5.91 Å². The Bertz CT molecular complexity index is 895. The van der Waals surface area contributed by atoms with Gasteiger partial charge in [-0.15, -0.1) is 0 Å². The summed E-state index contributed by atoms with van der Waals surface area (Å²) in [6, 6.07) is 9.18. The smallest absolute Gasteiger partial charge is 0.264 e. The quantitative estimate of drug-likeness (QED) is 0.887. The molecule has 7 heteroatoms. The van der Waals surface area contributed by atoms with Crippen LogP contribution in [0.4, 0.5) is 4.39 Å². The second-order valence-corrected chi connectivity index (χ2v) is 7.92. The fourth-order valence-corrected chi connectivity index (χ4v) is 2.98. The molecule has 128 valence electrons. The van der Waals surface area contributed by atoms with Crippen LogP contribution in [0.25, 0.3) is 11.1 Å². The molecule has 0 spiro atoms. The molecule has 1 N–H and O–H groups in total. The highest BCUT2D eigenvalue weighted by molar-refractivity contribution is 7.89. The van der Waals surface area contributed by atoms with Crippen LogP contribution < -0.4 is 4.72 Å². The largest absolute Gasteiger partial charge is 0.268 e. The molecule has 0 saturated carbocycles. The Morgan fingerprint density at radius 2 is 1.83 bits per heavy atom. The molecule has 0 heterocycles. The number of hydrogen-bond donors (Lipinski definition) is 1. The average Bonchev–Trinajstić information content (AvgIpc) is 2.46. The van der Waals surface area contributed by atoms with Crippen LogP contribution in [0.1, 0.15) is 35.7 Å². The molecular formula is C17H17ClFNO3S. The zero-order chi connectivity index (χ0) is 18.1. The third kappa shape index (κ3) is 4.13. The first kappa shape index (κ1) is 18.4. The minimum Gasteiger partial charge on any atom is -0.268 e. The van der Waals surface area contributed by atoms with Gasteiger partial charge < -0.3 is 0 Å². The van der Waals surface area contributed by atoms with Crippen molar-refractivity contribution in [1.82, 2.24) is 4.72 Å². The summed E-state index contributed by atoms with van der Waals surface area (Å²) in [4.78, 5) is 12.0. The molecule has 0 atom stereocenters. The maximum absolute atomic E-state index is 14.7. The molecular weight excluding hydrogens is 353 g/mol. The number of carbonyl (C=O) groups is 1. The standard InChI is InChI=1S/C17H17ClFNO3S/c1-10(2)12-5-4-6-13(16(12)19)14-9-11(7-8-15(14)18)17(21)20-24(3,22)23/h4-10H,1-3H3,(H,20,21). The van der Waals surface area contributed by atoms with Crippen LogP contribution in [0.3, 0.4) is 0 Å². The maximum Gasteiger partial charge on any atom is 0.264 e. The molecule has 2 rings (SSSR count). The minimum atomic E-state index is -3.69. The van der Waals surface area contributed by atoms with Crippen molar-refractivity contribution in [2.75, 3.05) is 6.26 Å². The zero-order valence-corrected chi connectivity index (χ0v) is 15.0. The van der Waals surface area contributed by atoms with E-state index in [1.807, 2.05) is 18.6 Å². The normalized spacial score (nSPS) is 11.6. The van der Waals surface area contributed by atoms with Gasteiger partial charge in [-0.1, -0.05) is 43.6 Å². The predicted molar refractivity (Wildman–Crippen MR) is 93.2 cm³/mol. The number of benzene rings is 2. The van der Waals surface area contributed by atoms with E-state index in [1.54, 1.807) is 18.2 Å². The molecule has 0 fully saturated rings. The van der Waals surface area contributed by atoms with E-state index in [0.29, 0.717) is 11.1 Å². The molecule has 0 aliphatic carbocycles. The molecule has 2 aromatic rings. The van der Waals surface area contributed by atoms with Gasteiger partial charge in [-0.3, -0.25) is 4.79 Å². The van der Waals surface area contributed by atoms with Crippen molar-refractivity contribution in [2.45, 2.75) is 19.8 Å². The number of carbonyl (C=O) groups excluding carboxylic acids is 1. The Balaban J connectivity index is 2.55. The molecule has 0 aromatic heterocycles. The molecule has 4 nitrogen and oxygen atoms in total. The van der Waals surface area contributed by atoms with Gasteiger partial charge in [0.15, 0.2) is 0 Å². The van der Waals surface area contributed by atoms with E-state index in [4.69, 9.17) is 11.6 Å². The minimum absolute atomic E-state index is 0.0135. The van der Waals surface area contributed by atoms with Crippen molar-refractivity contribution in [2.24, 2.45) is 0 Å². The summed E-state index contributed by atoms with van der Waals surface area (Å²) in [5.74, 6) is -1.22. The van der Waals surface area contributed by atoms with Crippen LogP contribution in [-0.2, 0) is 10.0 Å². The number of nitrogens with one attached hydrogen (secondary N) is 1. The number of hydrogen-bond acceptors (Lipinski definition) is 3. The van der Waals surface area contributed by atoms with Gasteiger partial charge in [0, 0.05) is 21.7 Å². The van der Waals surface area contributed by atoms with E-state index in [1.165, 1.54) is 18.2 Å². The monoisotopic (exact) mass is 369 g/mol. The third-order valence-corrected chi connectivity index (χ3v) is 4.33. The first-order valence-electron chi connectivity index (χ1n) is 7.20. The fraction of sp³-hybridized carbons (Fsp3) is 0.235. The highest BCUT2D eigenvalue weighted by Crippen LogP contribution is 2.33. The number of rotatable bonds is 4. The van der Waals surface area contributed by atoms with E-state index in [2.05, 4.69) is 0 Å². The molecule has 0 aliphatic heterocycles. The SMILES string of the molecule is CC(C)c1cccc(-c2cc(C(=O)NS(C)(=O)=O)ccc2Cl)c1F. The lowest BCUT2D eigenvalue weighted by Gasteiger charge is -2.13. The van der Waals surface area contributed by atoms with E-state index >= 15 is 0 Å². The van der Waals surface area contributed by atoms with Crippen molar-refractivity contribution < 1.29 is 17.6 Å². The highest BCUT2D eigenvalue weighted by atomic mass is 35.5. The Morgan fingerprint density at radius 3 is 2.42 bits per heavy atom. The van der Waals surface area contributed by atoms with Gasteiger partial charge in [-0.05, 0) is 29.7 Å². The van der Waals surface area contributed by atoms with Gasteiger partial charge in [0.1, 0.15) is 5.82 Å². The summed E-state index contributed by atoms with van der Waals surface area (Å²) < 4.78 is 39.0. The van der Waals surface area contributed by atoms with Crippen LogP contribution in [0.5, 0.6) is 0 Å². The maximum atomic E-state index is 14.7. The molecule has 0 bridgehead atoms. The van der Waals surface area contributed by atoms with Crippen LogP contribution in [0.15, 0.2) is 36.4 Å². The van der Waals surface area contributed by atoms with Crippen LogP contribution in [-0.4, -0.2) is 20.6 Å². The highest BCUT2D eigenvalue weighted by Gasteiger charge is 2.17. The van der Waals surface area contributed by atoms with Gasteiger partial charge in [0.2, 0.25) is 10.0 Å². The Labute approximate surface area is 145 Å². The van der Waals surface area contributed by atoms with Crippen molar-refractivity contribution in [3.05, 3.63) is 58.4 Å². The van der Waals surface area contributed by atoms with Gasteiger partial charge in [-0.25, -0.2) is 17.5 Å². The second kappa shape index (κ2) is 6.91. The number of amides is 1. The van der Waals surface area contributed by atoms with Gasteiger partial charge in [0.05, 0.1) is 6.26 Å². The lowest BCUT2D eigenvalue weighted by atomic mass is 9.95. The van der Waals surface area contributed by atoms with Gasteiger partial charge in [-0.2, -0.15) is 0 Å². The van der Waals surface area contributed by atoms with E-state index in [-0.39, 0.29) is 22.1 Å². The molecule has 0 unspecified atom stereocenters. The third-order valence-electron chi connectivity index (χ3n) is 3.45. The lowest BCUT2D eigenvalue weighted by molar-refractivity contribution is 0.0981. The summed E-state index contributed by atoms with van der Waals surface area (Å²) in [5.41, 5.74) is 1.21. The first-order valence-corrected chi connectivity index (χ1v) is 9.47. The van der Waals surface area contributed by atoms with Crippen molar-refractivity contribution in [1.29, 1.82) is 0 Å². The number of halogens is 2. The Kier molecular flexibility index (Phi) is 5.30. The predicted octanol–water partition coefficient (Wildman–Crippen LogP) is 3.96. The van der Waals surface area contributed by atoms with Crippen LogP contribution in [0, 0.1) is 5.82 Å². The van der Waals surface area contributed by atoms with Crippen LogP contribution in [0.2, 0.25) is 5.02 Å². The Hall–Kier alpha value is -1.92. The zero-order valence-electron chi connectivity index (χ0n) is 13.4. The van der Waals surface area contributed by atoms with Crippen molar-refractivity contribution >= 4 is 27.5 Å². The first-order chi connectivity index (χ1) is 11.1. The molecule has 2 aromatic carbocycles. The molecule has 0 radical (unpaired) electrons. The van der Waals surface area contributed by atoms with Crippen LogP contribution >= 0.6 is 11.6 Å². The number of sulfonamides is 1. The van der Waals surface area contributed by atoms with Gasteiger partial charge >= 0.3 is 0 Å². The lowest BCUT2D eigenvalue weighted by Crippen LogP contribution is -2.29. The fourth-order valence-electron chi connectivity index (χ4n) is 2.30. The summed E-state index contributed by atoms with van der Waals surface area (Å²) in [6.07, 6.45) is 0.882. The summed E-state index contributed by atoms with van der Waals surface area (Å²) in [6.45, 7) is 3.75. The van der Waals surface area contributed by atoms with E-state index < -0.39 is 21.7 Å². The second-order valence-electron chi connectivity index (χ2n) is 5.76. The average molecular weight is 370 g/mol. The van der Waals surface area contributed by atoms with E-state index in [0.717, 1.165) is 6.26 Å².